The molecule has 5 nitrogen and oxygen atoms in total. The number of nitrogens with zero attached hydrogens (tertiary/aromatic N) is 1. The topological polar surface area (TPSA) is 69.6 Å². The molecule has 126 valence electrons. The number of halogens is 1. The molecule has 2 amide bonds. The molecule has 1 heterocycles. The van der Waals surface area contributed by atoms with Gasteiger partial charge in [-0.05, 0) is 30.0 Å². The summed E-state index contributed by atoms with van der Waals surface area (Å²) in [6, 6.07) is 6.70. The highest BCUT2D eigenvalue weighted by molar-refractivity contribution is 6.30. The summed E-state index contributed by atoms with van der Waals surface area (Å²) in [5, 5.41) is 13.4. The Bertz CT molecular complexity index is 561. The Kier molecular flexibility index (Phi) is 6.02. The van der Waals surface area contributed by atoms with Crippen molar-refractivity contribution in [1.29, 1.82) is 0 Å². The molecule has 23 heavy (non-hydrogen) atoms. The summed E-state index contributed by atoms with van der Waals surface area (Å²) < 4.78 is 0. The van der Waals surface area contributed by atoms with E-state index in [2.05, 4.69) is 5.32 Å². The molecule has 3 unspecified atom stereocenters. The zero-order valence-electron chi connectivity index (χ0n) is 13.5. The fourth-order valence-corrected chi connectivity index (χ4v) is 2.90. The Labute approximate surface area is 141 Å². The van der Waals surface area contributed by atoms with Crippen LogP contribution in [0.4, 0.5) is 0 Å². The lowest BCUT2D eigenvalue weighted by molar-refractivity contribution is -0.136. The average molecular weight is 339 g/mol. The van der Waals surface area contributed by atoms with Gasteiger partial charge in [-0.2, -0.15) is 0 Å². The van der Waals surface area contributed by atoms with E-state index >= 15 is 0 Å². The van der Waals surface area contributed by atoms with Crippen molar-refractivity contribution in [3.8, 4) is 0 Å². The predicted octanol–water partition coefficient (Wildman–Crippen LogP) is 2.14. The van der Waals surface area contributed by atoms with Crippen LogP contribution in [-0.4, -0.2) is 41.0 Å². The van der Waals surface area contributed by atoms with Crippen molar-refractivity contribution in [1.82, 2.24) is 10.2 Å². The van der Waals surface area contributed by atoms with Gasteiger partial charge in [0.1, 0.15) is 0 Å². The van der Waals surface area contributed by atoms with Crippen molar-refractivity contribution in [2.45, 2.75) is 38.8 Å². The minimum absolute atomic E-state index is 0.0651. The average Bonchev–Trinajstić information content (AvgIpc) is 2.49. The van der Waals surface area contributed by atoms with Crippen LogP contribution in [0.1, 0.15) is 38.3 Å². The second-order valence-corrected chi connectivity index (χ2v) is 6.62. The molecular weight excluding hydrogens is 316 g/mol. The number of hydrogen-bond donors (Lipinski definition) is 2. The zero-order valence-corrected chi connectivity index (χ0v) is 14.2. The maximum absolute atomic E-state index is 12.5. The predicted molar refractivity (Wildman–Crippen MR) is 89.0 cm³/mol. The highest BCUT2D eigenvalue weighted by Gasteiger charge is 2.29. The number of benzene rings is 1. The first-order valence-corrected chi connectivity index (χ1v) is 8.23. The van der Waals surface area contributed by atoms with E-state index in [1.165, 1.54) is 6.92 Å². The number of hydrogen-bond acceptors (Lipinski definition) is 3. The van der Waals surface area contributed by atoms with Crippen molar-refractivity contribution in [2.24, 2.45) is 5.92 Å². The number of aliphatic hydroxyl groups excluding tert-OH is 1. The lowest BCUT2D eigenvalue weighted by Gasteiger charge is -2.35. The first kappa shape index (κ1) is 17.8. The highest BCUT2D eigenvalue weighted by atomic mass is 35.5. The maximum atomic E-state index is 12.5. The molecule has 1 aromatic carbocycles. The lowest BCUT2D eigenvalue weighted by Crippen LogP contribution is -2.46. The number of amides is 2. The summed E-state index contributed by atoms with van der Waals surface area (Å²) in [5.41, 5.74) is 0.837. The van der Waals surface area contributed by atoms with Crippen molar-refractivity contribution in [3.63, 3.8) is 0 Å². The number of likely N-dealkylation sites (tertiary alicyclic amines) is 1. The summed E-state index contributed by atoms with van der Waals surface area (Å²) in [7, 11) is 0. The number of carbonyl (C=O) groups excluding carboxylic acids is 2. The standard InChI is InChI=1S/C17H23ClN2O3/c1-11-7-8-20(10-16(11)22)17(23)9-15(19-12(2)21)13-3-5-14(18)6-4-13/h3-6,11,15-16,22H,7-10H2,1-2H3,(H,19,21). The Balaban J connectivity index is 2.06. The normalized spacial score (nSPS) is 22.5. The fourth-order valence-electron chi connectivity index (χ4n) is 2.77. The summed E-state index contributed by atoms with van der Waals surface area (Å²) in [4.78, 5) is 25.6. The van der Waals surface area contributed by atoms with Gasteiger partial charge in [0.15, 0.2) is 0 Å². The van der Waals surface area contributed by atoms with Crippen molar-refractivity contribution < 1.29 is 14.7 Å². The number of aliphatic hydroxyl groups is 1. The van der Waals surface area contributed by atoms with Crippen LogP contribution in [0.25, 0.3) is 0 Å². The number of piperidine rings is 1. The fraction of sp³-hybridized carbons (Fsp3) is 0.529. The van der Waals surface area contributed by atoms with Crippen LogP contribution in [0, 0.1) is 5.92 Å². The molecule has 0 spiro atoms. The van der Waals surface area contributed by atoms with E-state index in [0.29, 0.717) is 18.1 Å². The number of β-amino-alcohol motifs (C(OH)–C–C–N with tert-alkyl or cyclic N) is 1. The Hall–Kier alpha value is -1.59. The SMILES string of the molecule is CC(=O)NC(CC(=O)N1CCC(C)C(O)C1)c1ccc(Cl)cc1. The molecule has 6 heteroatoms. The van der Waals surface area contributed by atoms with Gasteiger partial charge >= 0.3 is 0 Å². The third kappa shape index (κ3) is 4.94. The molecule has 1 fully saturated rings. The second kappa shape index (κ2) is 7.79. The van der Waals surface area contributed by atoms with Crippen LogP contribution in [0.5, 0.6) is 0 Å². The van der Waals surface area contributed by atoms with Gasteiger partial charge < -0.3 is 15.3 Å². The number of carbonyl (C=O) groups is 2. The second-order valence-electron chi connectivity index (χ2n) is 6.18. The van der Waals surface area contributed by atoms with Gasteiger partial charge in [-0.1, -0.05) is 30.7 Å². The molecule has 1 aliphatic rings. The maximum Gasteiger partial charge on any atom is 0.225 e. The molecule has 3 atom stereocenters. The molecular formula is C17H23ClN2O3. The van der Waals surface area contributed by atoms with Crippen LogP contribution in [-0.2, 0) is 9.59 Å². The summed E-state index contributed by atoms with van der Waals surface area (Å²) >= 11 is 5.89. The molecule has 1 aromatic rings. The molecule has 2 rings (SSSR count). The number of rotatable bonds is 4. The minimum Gasteiger partial charge on any atom is -0.391 e. The summed E-state index contributed by atoms with van der Waals surface area (Å²) in [5.74, 6) is -0.0452. The number of nitrogens with one attached hydrogen (secondary N) is 1. The Morgan fingerprint density at radius 2 is 2.04 bits per heavy atom. The highest BCUT2D eigenvalue weighted by Crippen LogP contribution is 2.23. The third-order valence-corrected chi connectivity index (χ3v) is 4.55. The van der Waals surface area contributed by atoms with Gasteiger partial charge in [-0.15, -0.1) is 0 Å². The van der Waals surface area contributed by atoms with E-state index < -0.39 is 12.1 Å². The smallest absolute Gasteiger partial charge is 0.225 e. The van der Waals surface area contributed by atoms with Crippen molar-refractivity contribution >= 4 is 23.4 Å². The molecule has 0 aliphatic carbocycles. The molecule has 0 aromatic heterocycles. The molecule has 0 saturated carbocycles. The van der Waals surface area contributed by atoms with Crippen LogP contribution < -0.4 is 5.32 Å². The van der Waals surface area contributed by atoms with Crippen LogP contribution in [0.3, 0.4) is 0 Å². The van der Waals surface area contributed by atoms with Gasteiger partial charge in [0.2, 0.25) is 11.8 Å². The van der Waals surface area contributed by atoms with E-state index in [1.807, 2.05) is 19.1 Å². The van der Waals surface area contributed by atoms with Crippen LogP contribution in [0.15, 0.2) is 24.3 Å². The van der Waals surface area contributed by atoms with Crippen LogP contribution >= 0.6 is 11.6 Å². The van der Waals surface area contributed by atoms with Crippen LogP contribution in [0.2, 0.25) is 5.02 Å². The molecule has 0 bridgehead atoms. The van der Waals surface area contributed by atoms with Gasteiger partial charge in [0, 0.05) is 25.0 Å². The first-order chi connectivity index (χ1) is 10.9. The van der Waals surface area contributed by atoms with E-state index in [0.717, 1.165) is 12.0 Å². The van der Waals surface area contributed by atoms with Crippen molar-refractivity contribution in [3.05, 3.63) is 34.9 Å². The molecule has 0 radical (unpaired) electrons. The molecule has 1 aliphatic heterocycles. The lowest BCUT2D eigenvalue weighted by atomic mass is 9.95. The van der Waals surface area contributed by atoms with Gasteiger partial charge in [-0.25, -0.2) is 0 Å². The van der Waals surface area contributed by atoms with E-state index in [9.17, 15) is 14.7 Å². The quantitative estimate of drug-likeness (QED) is 0.883. The van der Waals surface area contributed by atoms with E-state index in [4.69, 9.17) is 11.6 Å². The zero-order chi connectivity index (χ0) is 17.0. The molecule has 2 N–H and O–H groups in total. The van der Waals surface area contributed by atoms with E-state index in [1.54, 1.807) is 17.0 Å². The third-order valence-electron chi connectivity index (χ3n) is 4.30. The van der Waals surface area contributed by atoms with E-state index in [-0.39, 0.29) is 24.2 Å². The summed E-state index contributed by atoms with van der Waals surface area (Å²) in [6.07, 6.45) is 0.475. The van der Waals surface area contributed by atoms with Crippen molar-refractivity contribution in [2.75, 3.05) is 13.1 Å². The molecule has 1 saturated heterocycles. The Morgan fingerprint density at radius 1 is 1.39 bits per heavy atom. The minimum atomic E-state index is -0.484. The van der Waals surface area contributed by atoms with Gasteiger partial charge in [-0.3, -0.25) is 9.59 Å². The first-order valence-electron chi connectivity index (χ1n) is 7.85. The Morgan fingerprint density at radius 3 is 2.61 bits per heavy atom. The van der Waals surface area contributed by atoms with Gasteiger partial charge in [0.05, 0.1) is 18.6 Å². The monoisotopic (exact) mass is 338 g/mol. The largest absolute Gasteiger partial charge is 0.391 e. The summed E-state index contributed by atoms with van der Waals surface area (Å²) in [6.45, 7) is 4.41. The van der Waals surface area contributed by atoms with Gasteiger partial charge in [0.25, 0.3) is 0 Å².